The number of methoxy groups -OCH3 is 1. The van der Waals surface area contributed by atoms with Gasteiger partial charge in [0.15, 0.2) is 6.61 Å². The number of amides is 1. The van der Waals surface area contributed by atoms with Crippen LogP contribution in [0.2, 0.25) is 0 Å². The van der Waals surface area contributed by atoms with Gasteiger partial charge in [0.25, 0.3) is 5.91 Å². The molecule has 0 bridgehead atoms. The zero-order valence-electron chi connectivity index (χ0n) is 14.3. The summed E-state index contributed by atoms with van der Waals surface area (Å²) in [5, 5.41) is 3.29. The summed E-state index contributed by atoms with van der Waals surface area (Å²) in [6.45, 7) is 1.14. The fourth-order valence-electron chi connectivity index (χ4n) is 2.42. The molecule has 0 saturated carbocycles. The second-order valence-corrected chi connectivity index (χ2v) is 5.72. The minimum absolute atomic E-state index is 0.224. The lowest BCUT2D eigenvalue weighted by atomic mass is 10.2. The minimum Gasteiger partial charge on any atom is -0.497 e. The molecule has 0 aliphatic heterocycles. The minimum atomic E-state index is -0.662. The molecule has 0 saturated heterocycles. The molecule has 26 heavy (non-hydrogen) atoms. The molecule has 3 rings (SSSR count). The van der Waals surface area contributed by atoms with E-state index in [1.54, 1.807) is 50.4 Å². The van der Waals surface area contributed by atoms with Gasteiger partial charge in [-0.05, 0) is 42.8 Å². The van der Waals surface area contributed by atoms with E-state index in [0.717, 1.165) is 10.9 Å². The summed E-state index contributed by atoms with van der Waals surface area (Å²) in [5.74, 6) is -0.984. The molecule has 0 aliphatic carbocycles. The van der Waals surface area contributed by atoms with E-state index < -0.39 is 24.3 Å². The number of benzene rings is 2. The van der Waals surface area contributed by atoms with E-state index in [1.807, 2.05) is 0 Å². The lowest BCUT2D eigenvalue weighted by molar-refractivity contribution is -0.119. The first-order chi connectivity index (χ1) is 12.5. The SMILES string of the molecule is COc1ccc2cc(C(=O)OCC(=O)Nc3ccc(C)c(F)c3)[nH]c2c1. The van der Waals surface area contributed by atoms with Gasteiger partial charge in [-0.3, -0.25) is 4.79 Å². The van der Waals surface area contributed by atoms with Crippen molar-refractivity contribution in [3.8, 4) is 5.75 Å². The van der Waals surface area contributed by atoms with Gasteiger partial charge in [-0.25, -0.2) is 9.18 Å². The Kier molecular flexibility index (Phi) is 4.88. The number of H-pyrrole nitrogens is 1. The number of esters is 1. The summed E-state index contributed by atoms with van der Waals surface area (Å²) in [6.07, 6.45) is 0. The highest BCUT2D eigenvalue weighted by Crippen LogP contribution is 2.21. The molecule has 0 fully saturated rings. The van der Waals surface area contributed by atoms with Crippen molar-refractivity contribution in [1.82, 2.24) is 4.98 Å². The van der Waals surface area contributed by atoms with E-state index in [1.165, 1.54) is 6.07 Å². The van der Waals surface area contributed by atoms with Crippen LogP contribution in [0.25, 0.3) is 10.9 Å². The van der Waals surface area contributed by atoms with Crippen molar-refractivity contribution < 1.29 is 23.5 Å². The maximum Gasteiger partial charge on any atom is 0.355 e. The second-order valence-electron chi connectivity index (χ2n) is 5.72. The number of fused-ring (bicyclic) bond motifs is 1. The van der Waals surface area contributed by atoms with Crippen molar-refractivity contribution >= 4 is 28.5 Å². The number of hydrogen-bond donors (Lipinski definition) is 2. The molecule has 1 aromatic heterocycles. The molecule has 0 spiro atoms. The third-order valence-electron chi connectivity index (χ3n) is 3.84. The van der Waals surface area contributed by atoms with Crippen LogP contribution >= 0.6 is 0 Å². The highest BCUT2D eigenvalue weighted by Gasteiger charge is 2.14. The summed E-state index contributed by atoms with van der Waals surface area (Å²) in [5.41, 5.74) is 1.72. The summed E-state index contributed by atoms with van der Waals surface area (Å²) in [7, 11) is 1.55. The van der Waals surface area contributed by atoms with E-state index >= 15 is 0 Å². The Morgan fingerprint density at radius 2 is 1.96 bits per heavy atom. The Morgan fingerprint density at radius 1 is 1.15 bits per heavy atom. The fourth-order valence-corrected chi connectivity index (χ4v) is 2.42. The predicted molar refractivity (Wildman–Crippen MR) is 94.9 cm³/mol. The Bertz CT molecular complexity index is 981. The lowest BCUT2D eigenvalue weighted by Crippen LogP contribution is -2.21. The van der Waals surface area contributed by atoms with Crippen LogP contribution in [0.5, 0.6) is 5.75 Å². The van der Waals surface area contributed by atoms with Crippen LogP contribution in [0, 0.1) is 12.7 Å². The molecule has 134 valence electrons. The van der Waals surface area contributed by atoms with E-state index in [2.05, 4.69) is 10.3 Å². The Balaban J connectivity index is 1.61. The smallest absolute Gasteiger partial charge is 0.355 e. The maximum atomic E-state index is 13.5. The quantitative estimate of drug-likeness (QED) is 0.687. The third kappa shape index (κ3) is 3.83. The van der Waals surface area contributed by atoms with E-state index in [9.17, 15) is 14.0 Å². The van der Waals surface area contributed by atoms with Gasteiger partial charge < -0.3 is 19.8 Å². The summed E-state index contributed by atoms with van der Waals surface area (Å²) < 4.78 is 23.6. The number of rotatable bonds is 5. The molecule has 0 aliphatic rings. The van der Waals surface area contributed by atoms with Crippen LogP contribution in [0.4, 0.5) is 10.1 Å². The van der Waals surface area contributed by atoms with Crippen LogP contribution in [-0.2, 0) is 9.53 Å². The second kappa shape index (κ2) is 7.26. The van der Waals surface area contributed by atoms with Gasteiger partial charge in [0.05, 0.1) is 7.11 Å². The third-order valence-corrected chi connectivity index (χ3v) is 3.84. The summed E-state index contributed by atoms with van der Waals surface area (Å²) >= 11 is 0. The number of aromatic amines is 1. The zero-order chi connectivity index (χ0) is 18.7. The van der Waals surface area contributed by atoms with Crippen LogP contribution in [0.15, 0.2) is 42.5 Å². The number of anilines is 1. The molecular weight excluding hydrogens is 339 g/mol. The van der Waals surface area contributed by atoms with Crippen LogP contribution < -0.4 is 10.1 Å². The largest absolute Gasteiger partial charge is 0.497 e. The van der Waals surface area contributed by atoms with Gasteiger partial charge >= 0.3 is 5.97 Å². The van der Waals surface area contributed by atoms with E-state index in [0.29, 0.717) is 17.0 Å². The first-order valence-corrected chi connectivity index (χ1v) is 7.86. The molecule has 2 N–H and O–H groups in total. The normalized spacial score (nSPS) is 10.6. The van der Waals surface area contributed by atoms with Crippen molar-refractivity contribution in [2.75, 3.05) is 19.0 Å². The van der Waals surface area contributed by atoms with Gasteiger partial charge in [-0.15, -0.1) is 0 Å². The maximum absolute atomic E-state index is 13.5. The van der Waals surface area contributed by atoms with Crippen molar-refractivity contribution in [1.29, 1.82) is 0 Å². The molecule has 3 aromatic rings. The number of carbonyl (C=O) groups excluding carboxylic acids is 2. The van der Waals surface area contributed by atoms with Crippen molar-refractivity contribution in [3.63, 3.8) is 0 Å². The number of nitrogens with one attached hydrogen (secondary N) is 2. The molecule has 0 radical (unpaired) electrons. The zero-order valence-corrected chi connectivity index (χ0v) is 14.3. The van der Waals surface area contributed by atoms with Crippen molar-refractivity contribution in [2.24, 2.45) is 0 Å². The number of carbonyl (C=O) groups is 2. The standard InChI is InChI=1S/C19H17FN2O4/c1-11-3-5-13(8-15(11)20)21-18(23)10-26-19(24)17-7-12-4-6-14(25-2)9-16(12)22-17/h3-9,22H,10H2,1-2H3,(H,21,23). The number of hydrogen-bond acceptors (Lipinski definition) is 4. The van der Waals surface area contributed by atoms with Gasteiger partial charge in [-0.1, -0.05) is 6.07 Å². The average molecular weight is 356 g/mol. The molecule has 7 heteroatoms. The first kappa shape index (κ1) is 17.5. The predicted octanol–water partition coefficient (Wildman–Crippen LogP) is 3.42. The van der Waals surface area contributed by atoms with Crippen LogP contribution in [0.1, 0.15) is 16.1 Å². The number of halogens is 1. The Labute approximate surface area is 148 Å². The topological polar surface area (TPSA) is 80.4 Å². The number of aryl methyl sites for hydroxylation is 1. The Hall–Kier alpha value is -3.35. The number of ether oxygens (including phenoxy) is 2. The van der Waals surface area contributed by atoms with Gasteiger partial charge in [-0.2, -0.15) is 0 Å². The van der Waals surface area contributed by atoms with Crippen molar-refractivity contribution in [3.05, 3.63) is 59.5 Å². The summed E-state index contributed by atoms with van der Waals surface area (Å²) in [4.78, 5) is 26.9. The van der Waals surface area contributed by atoms with E-state index in [4.69, 9.17) is 9.47 Å². The number of aromatic nitrogens is 1. The molecule has 0 unspecified atom stereocenters. The monoisotopic (exact) mass is 356 g/mol. The molecule has 6 nitrogen and oxygen atoms in total. The summed E-state index contributed by atoms with van der Waals surface area (Å²) in [6, 6.07) is 11.3. The van der Waals surface area contributed by atoms with E-state index in [-0.39, 0.29) is 5.69 Å². The molecule has 1 amide bonds. The fraction of sp³-hybridized carbons (Fsp3) is 0.158. The highest BCUT2D eigenvalue weighted by molar-refractivity contribution is 5.97. The molecular formula is C19H17FN2O4. The first-order valence-electron chi connectivity index (χ1n) is 7.86. The van der Waals surface area contributed by atoms with Gasteiger partial charge in [0.1, 0.15) is 17.3 Å². The van der Waals surface area contributed by atoms with Crippen molar-refractivity contribution in [2.45, 2.75) is 6.92 Å². The van der Waals surface area contributed by atoms with Crippen LogP contribution in [-0.4, -0.2) is 30.6 Å². The van der Waals surface area contributed by atoms with Gasteiger partial charge in [0.2, 0.25) is 0 Å². The molecule has 0 atom stereocenters. The molecule has 1 heterocycles. The lowest BCUT2D eigenvalue weighted by Gasteiger charge is -2.07. The molecule has 2 aromatic carbocycles. The Morgan fingerprint density at radius 3 is 2.69 bits per heavy atom. The average Bonchev–Trinajstić information content (AvgIpc) is 3.06. The highest BCUT2D eigenvalue weighted by atomic mass is 19.1. The van der Waals surface area contributed by atoms with Crippen LogP contribution in [0.3, 0.4) is 0 Å². The van der Waals surface area contributed by atoms with Gasteiger partial charge in [0, 0.05) is 22.7 Å².